The molecule has 2 rings (SSSR count). The summed E-state index contributed by atoms with van der Waals surface area (Å²) in [6.45, 7) is 3.11. The molecule has 0 radical (unpaired) electrons. The van der Waals surface area contributed by atoms with Crippen LogP contribution in [-0.4, -0.2) is 60.9 Å². The molecule has 1 fully saturated rings. The second kappa shape index (κ2) is 5.96. The summed E-state index contributed by atoms with van der Waals surface area (Å²) >= 11 is 0. The first-order valence-corrected chi connectivity index (χ1v) is 8.35. The average Bonchev–Trinajstić information content (AvgIpc) is 2.45. The van der Waals surface area contributed by atoms with Gasteiger partial charge in [-0.15, -0.1) is 0 Å². The Hall–Kier alpha value is -1.71. The van der Waals surface area contributed by atoms with Crippen LogP contribution >= 0.6 is 0 Å². The number of sulfonamides is 1. The smallest absolute Gasteiger partial charge is 0.257 e. The van der Waals surface area contributed by atoms with Crippen molar-refractivity contribution in [1.29, 1.82) is 0 Å². The molecule has 0 aromatic carbocycles. The topological polar surface area (TPSA) is 109 Å². The summed E-state index contributed by atoms with van der Waals surface area (Å²) in [7, 11) is -3.21. The van der Waals surface area contributed by atoms with Gasteiger partial charge in [-0.05, 0) is 13.0 Å². The molecule has 1 aromatic heterocycles. The lowest BCUT2D eigenvalue weighted by Gasteiger charge is -2.33. The van der Waals surface area contributed by atoms with E-state index in [1.807, 2.05) is 0 Å². The number of amides is 1. The lowest BCUT2D eigenvalue weighted by molar-refractivity contribution is 0.0699. The van der Waals surface area contributed by atoms with Gasteiger partial charge in [-0.3, -0.25) is 15.6 Å². The third-order valence-corrected chi connectivity index (χ3v) is 4.72. The van der Waals surface area contributed by atoms with Crippen molar-refractivity contribution in [3.63, 3.8) is 0 Å². The number of nitrogens with two attached hydrogens (primary N) is 1. The van der Waals surface area contributed by atoms with Crippen LogP contribution in [-0.2, 0) is 10.0 Å². The van der Waals surface area contributed by atoms with Gasteiger partial charge in [-0.2, -0.15) is 4.31 Å². The molecular formula is C12H19N5O3S. The Morgan fingerprint density at radius 2 is 1.95 bits per heavy atom. The molecular weight excluding hydrogens is 294 g/mol. The maximum Gasteiger partial charge on any atom is 0.257 e. The van der Waals surface area contributed by atoms with Crippen LogP contribution in [0.3, 0.4) is 0 Å². The molecule has 1 aliphatic rings. The minimum Gasteiger partial charge on any atom is -0.336 e. The van der Waals surface area contributed by atoms with Gasteiger partial charge >= 0.3 is 0 Å². The van der Waals surface area contributed by atoms with Crippen molar-refractivity contribution in [2.24, 2.45) is 5.84 Å². The molecule has 0 saturated carbocycles. The number of aromatic nitrogens is 1. The Balaban J connectivity index is 2.12. The summed E-state index contributed by atoms with van der Waals surface area (Å²) < 4.78 is 24.3. The van der Waals surface area contributed by atoms with E-state index in [0.717, 1.165) is 5.69 Å². The highest BCUT2D eigenvalue weighted by Gasteiger charge is 2.27. The third kappa shape index (κ3) is 3.49. The van der Waals surface area contributed by atoms with Gasteiger partial charge < -0.3 is 10.3 Å². The maximum absolute atomic E-state index is 12.5. The summed E-state index contributed by atoms with van der Waals surface area (Å²) in [4.78, 5) is 18.2. The molecule has 1 amide bonds. The summed E-state index contributed by atoms with van der Waals surface area (Å²) in [6.07, 6.45) is 2.65. The van der Waals surface area contributed by atoms with E-state index in [0.29, 0.717) is 37.4 Å². The zero-order chi connectivity index (χ0) is 15.6. The summed E-state index contributed by atoms with van der Waals surface area (Å²) in [5.41, 5.74) is 4.14. The van der Waals surface area contributed by atoms with Crippen molar-refractivity contribution < 1.29 is 13.2 Å². The standard InChI is InChI=1S/C12H19N5O3S/c1-9-7-11(15-13)10(8-14-9)12(18)16-3-5-17(6-4-16)21(2,19)20/h7-8H,3-6,13H2,1-2H3,(H,14,15). The van der Waals surface area contributed by atoms with E-state index in [4.69, 9.17) is 5.84 Å². The predicted octanol–water partition coefficient (Wildman–Crippen LogP) is -0.607. The molecule has 3 N–H and O–H groups in total. The first-order chi connectivity index (χ1) is 9.82. The Morgan fingerprint density at radius 3 is 2.48 bits per heavy atom. The minimum atomic E-state index is -3.21. The quantitative estimate of drug-likeness (QED) is 0.569. The van der Waals surface area contributed by atoms with Gasteiger partial charge in [-0.1, -0.05) is 0 Å². The number of carbonyl (C=O) groups excluding carboxylic acids is 1. The molecule has 0 unspecified atom stereocenters. The summed E-state index contributed by atoms with van der Waals surface area (Å²) in [5.74, 6) is 5.22. The normalized spacial score (nSPS) is 16.8. The van der Waals surface area contributed by atoms with E-state index >= 15 is 0 Å². The second-order valence-electron chi connectivity index (χ2n) is 4.97. The number of nitrogens with zero attached hydrogens (tertiary/aromatic N) is 3. The summed E-state index contributed by atoms with van der Waals surface area (Å²) in [6, 6.07) is 1.69. The van der Waals surface area contributed by atoms with Crippen molar-refractivity contribution in [1.82, 2.24) is 14.2 Å². The molecule has 21 heavy (non-hydrogen) atoms. The highest BCUT2D eigenvalue weighted by molar-refractivity contribution is 7.88. The van der Waals surface area contributed by atoms with Crippen molar-refractivity contribution in [3.05, 3.63) is 23.5 Å². The van der Waals surface area contributed by atoms with Gasteiger partial charge in [0.2, 0.25) is 10.0 Å². The molecule has 0 bridgehead atoms. The fourth-order valence-electron chi connectivity index (χ4n) is 2.24. The molecule has 1 aromatic rings. The average molecular weight is 313 g/mol. The van der Waals surface area contributed by atoms with Crippen molar-refractivity contribution in [2.75, 3.05) is 37.9 Å². The largest absolute Gasteiger partial charge is 0.336 e. The van der Waals surface area contributed by atoms with Gasteiger partial charge in [0.25, 0.3) is 5.91 Å². The number of nitrogen functional groups attached to an aromatic ring is 1. The molecule has 2 heterocycles. The second-order valence-corrected chi connectivity index (χ2v) is 6.95. The van der Waals surface area contributed by atoms with Crippen LogP contribution in [0.15, 0.2) is 12.3 Å². The fraction of sp³-hybridized carbons (Fsp3) is 0.500. The Labute approximate surface area is 124 Å². The molecule has 8 nitrogen and oxygen atoms in total. The van der Waals surface area contributed by atoms with Crippen molar-refractivity contribution >= 4 is 21.6 Å². The zero-order valence-corrected chi connectivity index (χ0v) is 12.9. The molecule has 1 saturated heterocycles. The van der Waals surface area contributed by atoms with Crippen LogP contribution in [0, 0.1) is 6.92 Å². The monoisotopic (exact) mass is 313 g/mol. The first kappa shape index (κ1) is 15.7. The number of piperazine rings is 1. The van der Waals surface area contributed by atoms with Crippen LogP contribution in [0.1, 0.15) is 16.1 Å². The van der Waals surface area contributed by atoms with Gasteiger partial charge in [0.15, 0.2) is 0 Å². The van der Waals surface area contributed by atoms with E-state index in [2.05, 4.69) is 10.4 Å². The number of hydrogen-bond donors (Lipinski definition) is 2. The van der Waals surface area contributed by atoms with Gasteiger partial charge in [-0.25, -0.2) is 8.42 Å². The number of carbonyl (C=O) groups is 1. The zero-order valence-electron chi connectivity index (χ0n) is 12.0. The molecule has 9 heteroatoms. The number of hydrazine groups is 1. The van der Waals surface area contributed by atoms with Gasteiger partial charge in [0.05, 0.1) is 17.5 Å². The van der Waals surface area contributed by atoms with E-state index < -0.39 is 10.0 Å². The number of aryl methyl sites for hydroxylation is 1. The van der Waals surface area contributed by atoms with Gasteiger partial charge in [0.1, 0.15) is 0 Å². The van der Waals surface area contributed by atoms with Crippen LogP contribution in [0.25, 0.3) is 0 Å². The Bertz CT molecular complexity index is 638. The number of hydrogen-bond acceptors (Lipinski definition) is 6. The molecule has 0 atom stereocenters. The van der Waals surface area contributed by atoms with Gasteiger partial charge in [0, 0.05) is 38.1 Å². The highest BCUT2D eigenvalue weighted by atomic mass is 32.2. The first-order valence-electron chi connectivity index (χ1n) is 6.50. The molecule has 116 valence electrons. The number of rotatable bonds is 3. The highest BCUT2D eigenvalue weighted by Crippen LogP contribution is 2.18. The van der Waals surface area contributed by atoms with Crippen molar-refractivity contribution in [3.8, 4) is 0 Å². The van der Waals surface area contributed by atoms with Crippen molar-refractivity contribution in [2.45, 2.75) is 6.92 Å². The lowest BCUT2D eigenvalue weighted by Crippen LogP contribution is -2.50. The maximum atomic E-state index is 12.5. The lowest BCUT2D eigenvalue weighted by atomic mass is 10.1. The van der Waals surface area contributed by atoms with Crippen LogP contribution in [0.4, 0.5) is 5.69 Å². The Kier molecular flexibility index (Phi) is 4.45. The van der Waals surface area contributed by atoms with E-state index in [1.54, 1.807) is 17.9 Å². The van der Waals surface area contributed by atoms with Crippen LogP contribution in [0.2, 0.25) is 0 Å². The van der Waals surface area contributed by atoms with Crippen LogP contribution in [0.5, 0.6) is 0 Å². The molecule has 0 spiro atoms. The van der Waals surface area contributed by atoms with E-state index in [-0.39, 0.29) is 5.91 Å². The SMILES string of the molecule is Cc1cc(NN)c(C(=O)N2CCN(S(C)(=O)=O)CC2)cn1. The summed E-state index contributed by atoms with van der Waals surface area (Å²) in [5, 5.41) is 0. The Morgan fingerprint density at radius 1 is 1.33 bits per heavy atom. The van der Waals surface area contributed by atoms with Crippen LogP contribution < -0.4 is 11.3 Å². The third-order valence-electron chi connectivity index (χ3n) is 3.42. The molecule has 0 aliphatic carbocycles. The number of anilines is 1. The predicted molar refractivity (Wildman–Crippen MR) is 79.1 cm³/mol. The molecule has 1 aliphatic heterocycles. The van der Waals surface area contributed by atoms with E-state index in [9.17, 15) is 13.2 Å². The number of pyridine rings is 1. The van der Waals surface area contributed by atoms with E-state index in [1.165, 1.54) is 16.8 Å². The minimum absolute atomic E-state index is 0.205. The number of nitrogens with one attached hydrogen (secondary N) is 1. The fourth-order valence-corrected chi connectivity index (χ4v) is 3.07.